The van der Waals surface area contributed by atoms with E-state index in [4.69, 9.17) is 16.1 Å². The molecule has 2 heterocycles. The SMILES string of the molecule is Cc1noc(C)c1CNC(=O)c1ccc(Cl)nn1. The lowest BCUT2D eigenvalue weighted by atomic mass is 10.2. The first-order valence-corrected chi connectivity index (χ1v) is 5.65. The predicted molar refractivity (Wildman–Crippen MR) is 64.2 cm³/mol. The van der Waals surface area contributed by atoms with E-state index in [-0.39, 0.29) is 16.8 Å². The molecule has 2 aromatic rings. The van der Waals surface area contributed by atoms with E-state index in [1.54, 1.807) is 6.92 Å². The van der Waals surface area contributed by atoms with Crippen molar-refractivity contribution in [1.82, 2.24) is 20.7 Å². The number of carbonyl (C=O) groups is 1. The van der Waals surface area contributed by atoms with Crippen molar-refractivity contribution >= 4 is 17.5 Å². The fourth-order valence-corrected chi connectivity index (χ4v) is 1.55. The molecule has 94 valence electrons. The zero-order valence-electron chi connectivity index (χ0n) is 9.90. The minimum Gasteiger partial charge on any atom is -0.361 e. The average molecular weight is 267 g/mol. The Kier molecular flexibility index (Phi) is 3.57. The van der Waals surface area contributed by atoms with Gasteiger partial charge in [-0.3, -0.25) is 4.79 Å². The van der Waals surface area contributed by atoms with Crippen molar-refractivity contribution in [3.05, 3.63) is 40.0 Å². The zero-order chi connectivity index (χ0) is 13.1. The molecule has 0 aliphatic carbocycles. The second kappa shape index (κ2) is 5.14. The Labute approximate surface area is 108 Å². The summed E-state index contributed by atoms with van der Waals surface area (Å²) in [6.45, 7) is 3.95. The van der Waals surface area contributed by atoms with Gasteiger partial charge >= 0.3 is 0 Å². The van der Waals surface area contributed by atoms with Crippen molar-refractivity contribution in [2.45, 2.75) is 20.4 Å². The zero-order valence-corrected chi connectivity index (χ0v) is 10.7. The van der Waals surface area contributed by atoms with Gasteiger partial charge in [-0.1, -0.05) is 16.8 Å². The number of aromatic nitrogens is 3. The van der Waals surface area contributed by atoms with Crippen LogP contribution in [0.1, 0.15) is 27.5 Å². The lowest BCUT2D eigenvalue weighted by Gasteiger charge is -2.03. The van der Waals surface area contributed by atoms with Crippen LogP contribution < -0.4 is 5.32 Å². The summed E-state index contributed by atoms with van der Waals surface area (Å²) in [5, 5.41) is 14.1. The highest BCUT2D eigenvalue weighted by atomic mass is 35.5. The number of nitrogens with zero attached hydrogens (tertiary/aromatic N) is 3. The van der Waals surface area contributed by atoms with Crippen molar-refractivity contribution in [3.8, 4) is 0 Å². The third-order valence-electron chi connectivity index (χ3n) is 2.47. The second-order valence-electron chi connectivity index (χ2n) is 3.73. The summed E-state index contributed by atoms with van der Waals surface area (Å²) in [6, 6.07) is 3.03. The molecule has 2 aromatic heterocycles. The Hall–Kier alpha value is -1.95. The Morgan fingerprint density at radius 3 is 2.72 bits per heavy atom. The van der Waals surface area contributed by atoms with E-state index in [0.29, 0.717) is 12.3 Å². The van der Waals surface area contributed by atoms with Crippen LogP contribution in [-0.4, -0.2) is 21.3 Å². The van der Waals surface area contributed by atoms with E-state index in [2.05, 4.69) is 20.7 Å². The van der Waals surface area contributed by atoms with Crippen molar-refractivity contribution < 1.29 is 9.32 Å². The minimum atomic E-state index is -0.320. The van der Waals surface area contributed by atoms with E-state index in [0.717, 1.165) is 11.3 Å². The molecule has 0 unspecified atom stereocenters. The number of halogens is 1. The van der Waals surface area contributed by atoms with Gasteiger partial charge in [0, 0.05) is 12.1 Å². The van der Waals surface area contributed by atoms with Crippen LogP contribution in [0.4, 0.5) is 0 Å². The highest BCUT2D eigenvalue weighted by Gasteiger charge is 2.12. The third-order valence-corrected chi connectivity index (χ3v) is 2.67. The fourth-order valence-electron chi connectivity index (χ4n) is 1.45. The van der Waals surface area contributed by atoms with E-state index in [1.807, 2.05) is 6.92 Å². The van der Waals surface area contributed by atoms with E-state index in [9.17, 15) is 4.79 Å². The molecule has 0 fully saturated rings. The molecule has 1 amide bonds. The standard InChI is InChI=1S/C11H11ClN4O2/c1-6-8(7(2)18-16-6)5-13-11(17)9-3-4-10(12)15-14-9/h3-4H,5H2,1-2H3,(H,13,17). The molecule has 0 aliphatic heterocycles. The van der Waals surface area contributed by atoms with Crippen LogP contribution >= 0.6 is 11.6 Å². The van der Waals surface area contributed by atoms with Gasteiger partial charge in [0.15, 0.2) is 10.8 Å². The Bertz CT molecular complexity index is 545. The van der Waals surface area contributed by atoms with Crippen molar-refractivity contribution in [2.75, 3.05) is 0 Å². The monoisotopic (exact) mass is 266 g/mol. The third kappa shape index (κ3) is 2.65. The summed E-state index contributed by atoms with van der Waals surface area (Å²) < 4.78 is 5.00. The maximum absolute atomic E-state index is 11.8. The van der Waals surface area contributed by atoms with Gasteiger partial charge in [-0.25, -0.2) is 0 Å². The molecule has 0 saturated carbocycles. The fraction of sp³-hybridized carbons (Fsp3) is 0.273. The first kappa shape index (κ1) is 12.5. The first-order chi connectivity index (χ1) is 8.58. The van der Waals surface area contributed by atoms with Crippen molar-refractivity contribution in [1.29, 1.82) is 0 Å². The molecule has 18 heavy (non-hydrogen) atoms. The molecule has 7 heteroatoms. The molecule has 0 bridgehead atoms. The Morgan fingerprint density at radius 2 is 2.17 bits per heavy atom. The summed E-state index contributed by atoms with van der Waals surface area (Å²) >= 11 is 5.59. The van der Waals surface area contributed by atoms with Gasteiger partial charge in [0.2, 0.25) is 0 Å². The molecule has 0 aliphatic rings. The predicted octanol–water partition coefficient (Wildman–Crippen LogP) is 1.66. The Balaban J connectivity index is 2.03. The normalized spacial score (nSPS) is 10.4. The summed E-state index contributed by atoms with van der Waals surface area (Å²) in [7, 11) is 0. The van der Waals surface area contributed by atoms with Crippen LogP contribution in [0.3, 0.4) is 0 Å². The van der Waals surface area contributed by atoms with Crippen LogP contribution in [0.5, 0.6) is 0 Å². The largest absolute Gasteiger partial charge is 0.361 e. The highest BCUT2D eigenvalue weighted by molar-refractivity contribution is 6.29. The quantitative estimate of drug-likeness (QED) is 0.914. The molecule has 1 N–H and O–H groups in total. The van der Waals surface area contributed by atoms with E-state index >= 15 is 0 Å². The number of aryl methyl sites for hydroxylation is 2. The first-order valence-electron chi connectivity index (χ1n) is 5.27. The molecule has 2 rings (SSSR count). The van der Waals surface area contributed by atoms with Gasteiger partial charge < -0.3 is 9.84 Å². The molecular weight excluding hydrogens is 256 g/mol. The number of nitrogens with one attached hydrogen (secondary N) is 1. The number of hydrogen-bond donors (Lipinski definition) is 1. The smallest absolute Gasteiger partial charge is 0.272 e. The van der Waals surface area contributed by atoms with E-state index < -0.39 is 0 Å². The maximum atomic E-state index is 11.8. The lowest BCUT2D eigenvalue weighted by Crippen LogP contribution is -2.24. The molecule has 0 aromatic carbocycles. The summed E-state index contributed by atoms with van der Waals surface area (Å²) in [6.07, 6.45) is 0. The minimum absolute atomic E-state index is 0.214. The van der Waals surface area contributed by atoms with Gasteiger partial charge in [0.25, 0.3) is 5.91 Å². The molecule has 0 saturated heterocycles. The van der Waals surface area contributed by atoms with Crippen LogP contribution in [0.2, 0.25) is 5.15 Å². The van der Waals surface area contributed by atoms with Gasteiger partial charge in [-0.2, -0.15) is 0 Å². The topological polar surface area (TPSA) is 80.9 Å². The molecule has 0 spiro atoms. The maximum Gasteiger partial charge on any atom is 0.272 e. The van der Waals surface area contributed by atoms with Crippen LogP contribution in [0.15, 0.2) is 16.7 Å². The summed E-state index contributed by atoms with van der Waals surface area (Å²) in [5.74, 6) is 0.370. The van der Waals surface area contributed by atoms with Gasteiger partial charge in [0.05, 0.1) is 5.69 Å². The lowest BCUT2D eigenvalue weighted by molar-refractivity contribution is 0.0945. The molecule has 0 radical (unpaired) electrons. The van der Waals surface area contributed by atoms with Gasteiger partial charge in [0.1, 0.15) is 5.76 Å². The van der Waals surface area contributed by atoms with Crippen LogP contribution in [0.25, 0.3) is 0 Å². The number of amides is 1. The summed E-state index contributed by atoms with van der Waals surface area (Å²) in [5.41, 5.74) is 1.84. The summed E-state index contributed by atoms with van der Waals surface area (Å²) in [4.78, 5) is 11.8. The van der Waals surface area contributed by atoms with Crippen molar-refractivity contribution in [3.63, 3.8) is 0 Å². The van der Waals surface area contributed by atoms with Gasteiger partial charge in [-0.05, 0) is 26.0 Å². The molecular formula is C11H11ClN4O2. The van der Waals surface area contributed by atoms with E-state index in [1.165, 1.54) is 12.1 Å². The van der Waals surface area contributed by atoms with Crippen molar-refractivity contribution in [2.24, 2.45) is 0 Å². The molecule has 0 atom stereocenters. The number of carbonyl (C=O) groups excluding carboxylic acids is 1. The second-order valence-corrected chi connectivity index (χ2v) is 4.11. The van der Waals surface area contributed by atoms with Gasteiger partial charge in [-0.15, -0.1) is 10.2 Å². The number of rotatable bonds is 3. The van der Waals surface area contributed by atoms with Crippen LogP contribution in [-0.2, 0) is 6.54 Å². The van der Waals surface area contributed by atoms with Crippen LogP contribution in [0, 0.1) is 13.8 Å². The average Bonchev–Trinajstić information content (AvgIpc) is 2.67. The number of hydrogen-bond acceptors (Lipinski definition) is 5. The highest BCUT2D eigenvalue weighted by Crippen LogP contribution is 2.11. The molecule has 6 nitrogen and oxygen atoms in total. The Morgan fingerprint density at radius 1 is 1.39 bits per heavy atom.